The molecule has 0 bridgehead atoms. The van der Waals surface area contributed by atoms with Crippen LogP contribution in [0.4, 0.5) is 4.39 Å². The first-order chi connectivity index (χ1) is 11.4. The van der Waals surface area contributed by atoms with Gasteiger partial charge in [0.1, 0.15) is 5.82 Å². The Labute approximate surface area is 139 Å². The van der Waals surface area contributed by atoms with Crippen molar-refractivity contribution < 1.29 is 23.5 Å². The molecule has 24 heavy (non-hydrogen) atoms. The summed E-state index contributed by atoms with van der Waals surface area (Å²) < 4.78 is 17.8. The standard InChI is InChI=1S/C17H19FN2O4/c1-20(10-15(21)19-14-6-7-14)16(22)11-24-17(23)8-5-12-3-2-4-13(18)9-12/h2-5,8-9,14H,6-7,10-11H2,1H3,(H,19,21)/b8-5+. The lowest BCUT2D eigenvalue weighted by Crippen LogP contribution is -2.40. The number of hydrogen-bond acceptors (Lipinski definition) is 4. The zero-order valence-corrected chi connectivity index (χ0v) is 13.3. The summed E-state index contributed by atoms with van der Waals surface area (Å²) in [6.07, 6.45) is 4.45. The Morgan fingerprint density at radius 1 is 1.38 bits per heavy atom. The Kier molecular flexibility index (Phi) is 6.06. The number of hydrogen-bond donors (Lipinski definition) is 1. The fourth-order valence-electron chi connectivity index (χ4n) is 1.87. The average Bonchev–Trinajstić information content (AvgIpc) is 3.34. The first-order valence-electron chi connectivity index (χ1n) is 7.58. The minimum atomic E-state index is -0.719. The maximum Gasteiger partial charge on any atom is 0.331 e. The van der Waals surface area contributed by atoms with Gasteiger partial charge in [0.25, 0.3) is 5.91 Å². The third-order valence-corrected chi connectivity index (χ3v) is 3.35. The van der Waals surface area contributed by atoms with Gasteiger partial charge in [-0.3, -0.25) is 9.59 Å². The molecule has 0 aromatic heterocycles. The van der Waals surface area contributed by atoms with E-state index >= 15 is 0 Å². The van der Waals surface area contributed by atoms with E-state index in [1.807, 2.05) is 0 Å². The molecular formula is C17H19FN2O4. The van der Waals surface area contributed by atoms with Gasteiger partial charge in [0.15, 0.2) is 6.61 Å². The molecule has 0 spiro atoms. The topological polar surface area (TPSA) is 75.7 Å². The molecule has 2 rings (SSSR count). The van der Waals surface area contributed by atoms with Crippen LogP contribution in [0.1, 0.15) is 18.4 Å². The van der Waals surface area contributed by atoms with Gasteiger partial charge in [-0.25, -0.2) is 9.18 Å². The lowest BCUT2D eigenvalue weighted by molar-refractivity contribution is -0.148. The number of rotatable bonds is 7. The third kappa shape index (κ3) is 6.20. The number of nitrogens with zero attached hydrogens (tertiary/aromatic N) is 1. The van der Waals surface area contributed by atoms with Crippen molar-refractivity contribution in [1.29, 1.82) is 0 Å². The van der Waals surface area contributed by atoms with Crippen LogP contribution >= 0.6 is 0 Å². The monoisotopic (exact) mass is 334 g/mol. The van der Waals surface area contributed by atoms with Crippen molar-refractivity contribution in [2.45, 2.75) is 18.9 Å². The van der Waals surface area contributed by atoms with Crippen molar-refractivity contribution in [3.63, 3.8) is 0 Å². The maximum atomic E-state index is 13.0. The summed E-state index contributed by atoms with van der Waals surface area (Å²) in [7, 11) is 1.46. The van der Waals surface area contributed by atoms with E-state index < -0.39 is 24.3 Å². The second kappa shape index (κ2) is 8.24. The fourth-order valence-corrected chi connectivity index (χ4v) is 1.87. The normalized spacial score (nSPS) is 13.6. The average molecular weight is 334 g/mol. The van der Waals surface area contributed by atoms with E-state index in [2.05, 4.69) is 5.32 Å². The van der Waals surface area contributed by atoms with Crippen molar-refractivity contribution >= 4 is 23.9 Å². The van der Waals surface area contributed by atoms with Crippen LogP contribution in [0.5, 0.6) is 0 Å². The van der Waals surface area contributed by atoms with Gasteiger partial charge >= 0.3 is 5.97 Å². The molecular weight excluding hydrogens is 315 g/mol. The van der Waals surface area contributed by atoms with Crippen LogP contribution in [0, 0.1) is 5.82 Å². The SMILES string of the molecule is CN(CC(=O)NC1CC1)C(=O)COC(=O)/C=C/c1cccc(F)c1. The number of nitrogens with one attached hydrogen (secondary N) is 1. The van der Waals surface area contributed by atoms with Gasteiger partial charge in [0.2, 0.25) is 5.91 Å². The van der Waals surface area contributed by atoms with Crippen molar-refractivity contribution in [2.24, 2.45) is 0 Å². The molecule has 6 nitrogen and oxygen atoms in total. The minimum Gasteiger partial charge on any atom is -0.452 e. The molecule has 1 saturated carbocycles. The lowest BCUT2D eigenvalue weighted by atomic mass is 10.2. The zero-order valence-electron chi connectivity index (χ0n) is 13.3. The van der Waals surface area contributed by atoms with Gasteiger partial charge in [0, 0.05) is 19.2 Å². The summed E-state index contributed by atoms with van der Waals surface area (Å²) in [5, 5.41) is 2.77. The predicted molar refractivity (Wildman–Crippen MR) is 85.2 cm³/mol. The molecule has 0 radical (unpaired) electrons. The number of amides is 2. The van der Waals surface area contributed by atoms with Crippen LogP contribution in [0.3, 0.4) is 0 Å². The van der Waals surface area contributed by atoms with E-state index in [-0.39, 0.29) is 18.5 Å². The number of carbonyl (C=O) groups excluding carboxylic acids is 3. The Morgan fingerprint density at radius 3 is 2.79 bits per heavy atom. The molecule has 1 N–H and O–H groups in total. The van der Waals surface area contributed by atoms with Crippen LogP contribution in [0.25, 0.3) is 6.08 Å². The van der Waals surface area contributed by atoms with E-state index in [1.54, 1.807) is 6.07 Å². The predicted octanol–water partition coefficient (Wildman–Crippen LogP) is 1.12. The summed E-state index contributed by atoms with van der Waals surface area (Å²) in [6.45, 7) is -0.536. The Bertz CT molecular complexity index is 656. The van der Waals surface area contributed by atoms with Crippen LogP contribution in [0.15, 0.2) is 30.3 Å². The smallest absolute Gasteiger partial charge is 0.331 e. The van der Waals surface area contributed by atoms with E-state index in [4.69, 9.17) is 4.74 Å². The van der Waals surface area contributed by atoms with Gasteiger partial charge < -0.3 is 15.0 Å². The molecule has 0 aliphatic heterocycles. The first-order valence-corrected chi connectivity index (χ1v) is 7.58. The Balaban J connectivity index is 1.71. The highest BCUT2D eigenvalue weighted by atomic mass is 19.1. The van der Waals surface area contributed by atoms with E-state index in [0.29, 0.717) is 5.56 Å². The molecule has 128 valence electrons. The first kappa shape index (κ1) is 17.7. The molecule has 1 fully saturated rings. The van der Waals surface area contributed by atoms with Crippen molar-refractivity contribution in [2.75, 3.05) is 20.2 Å². The Hall–Kier alpha value is -2.70. The third-order valence-electron chi connectivity index (χ3n) is 3.35. The maximum absolute atomic E-state index is 13.0. The van der Waals surface area contributed by atoms with Crippen molar-refractivity contribution in [1.82, 2.24) is 10.2 Å². The second-order valence-electron chi connectivity index (χ2n) is 5.59. The van der Waals surface area contributed by atoms with Gasteiger partial charge in [0.05, 0.1) is 6.54 Å². The molecule has 2 amide bonds. The number of carbonyl (C=O) groups is 3. The van der Waals surface area contributed by atoms with Gasteiger partial charge in [-0.05, 0) is 36.6 Å². The van der Waals surface area contributed by atoms with Crippen molar-refractivity contribution in [3.05, 3.63) is 41.7 Å². The number of ether oxygens (including phenoxy) is 1. The van der Waals surface area contributed by atoms with Gasteiger partial charge in [-0.15, -0.1) is 0 Å². The van der Waals surface area contributed by atoms with Gasteiger partial charge in [-0.1, -0.05) is 12.1 Å². The number of likely N-dealkylation sites (N-methyl/N-ethyl adjacent to an activating group) is 1. The molecule has 0 saturated heterocycles. The minimum absolute atomic E-state index is 0.0774. The number of benzene rings is 1. The molecule has 7 heteroatoms. The molecule has 1 aromatic rings. The molecule has 1 aromatic carbocycles. The van der Waals surface area contributed by atoms with Crippen LogP contribution in [-0.2, 0) is 19.1 Å². The second-order valence-corrected chi connectivity index (χ2v) is 5.59. The van der Waals surface area contributed by atoms with E-state index in [0.717, 1.165) is 18.9 Å². The van der Waals surface area contributed by atoms with Crippen LogP contribution in [0.2, 0.25) is 0 Å². The fraction of sp³-hybridized carbons (Fsp3) is 0.353. The number of esters is 1. The highest BCUT2D eigenvalue weighted by Crippen LogP contribution is 2.18. The van der Waals surface area contributed by atoms with E-state index in [9.17, 15) is 18.8 Å². The molecule has 1 aliphatic rings. The quantitative estimate of drug-likeness (QED) is 0.599. The lowest BCUT2D eigenvalue weighted by Gasteiger charge is -2.16. The molecule has 0 atom stereocenters. The molecule has 0 heterocycles. The summed E-state index contributed by atoms with van der Waals surface area (Å²) >= 11 is 0. The van der Waals surface area contributed by atoms with E-state index in [1.165, 1.54) is 36.2 Å². The van der Waals surface area contributed by atoms with Crippen LogP contribution < -0.4 is 5.32 Å². The molecule has 1 aliphatic carbocycles. The summed E-state index contributed by atoms with van der Waals surface area (Å²) in [4.78, 5) is 36.1. The zero-order chi connectivity index (χ0) is 17.5. The van der Waals surface area contributed by atoms with Gasteiger partial charge in [-0.2, -0.15) is 0 Å². The summed E-state index contributed by atoms with van der Waals surface area (Å²) in [6, 6.07) is 5.94. The van der Waals surface area contributed by atoms with Crippen molar-refractivity contribution in [3.8, 4) is 0 Å². The molecule has 0 unspecified atom stereocenters. The highest BCUT2D eigenvalue weighted by Gasteiger charge is 2.24. The summed E-state index contributed by atoms with van der Waals surface area (Å²) in [5.74, 6) is -1.84. The highest BCUT2D eigenvalue weighted by molar-refractivity contribution is 5.90. The van der Waals surface area contributed by atoms with Crippen LogP contribution in [-0.4, -0.2) is 48.9 Å². The number of halogens is 1. The Morgan fingerprint density at radius 2 is 2.12 bits per heavy atom. The largest absolute Gasteiger partial charge is 0.452 e. The summed E-state index contributed by atoms with van der Waals surface area (Å²) in [5.41, 5.74) is 0.507.